The van der Waals surface area contributed by atoms with E-state index < -0.39 is 24.1 Å². The summed E-state index contributed by atoms with van der Waals surface area (Å²) in [5, 5.41) is 14.5. The minimum absolute atomic E-state index is 0.0417. The van der Waals surface area contributed by atoms with E-state index in [2.05, 4.69) is 5.10 Å². The summed E-state index contributed by atoms with van der Waals surface area (Å²) in [6, 6.07) is 3.29. The molecule has 0 radical (unpaired) electrons. The number of benzene rings is 1. The lowest BCUT2D eigenvalue weighted by Crippen LogP contribution is -2.38. The number of alkyl halides is 3. The van der Waals surface area contributed by atoms with Gasteiger partial charge in [0.15, 0.2) is 6.04 Å². The fourth-order valence-electron chi connectivity index (χ4n) is 2.16. The van der Waals surface area contributed by atoms with Crippen LogP contribution < -0.4 is 5.32 Å². The molecule has 1 unspecified atom stereocenters. The number of carboxylic acid groups (broad SMARTS) is 1. The van der Waals surface area contributed by atoms with Crippen molar-refractivity contribution in [2.75, 3.05) is 0 Å². The second kappa shape index (κ2) is 6.73. The minimum atomic E-state index is -4.68. The predicted octanol–water partition coefficient (Wildman–Crippen LogP) is 2.08. The molecule has 6 nitrogen and oxygen atoms in total. The van der Waals surface area contributed by atoms with E-state index in [4.69, 9.17) is 5.11 Å². The van der Waals surface area contributed by atoms with Crippen molar-refractivity contribution in [1.82, 2.24) is 15.1 Å². The van der Waals surface area contributed by atoms with Crippen LogP contribution >= 0.6 is 0 Å². The van der Waals surface area contributed by atoms with E-state index >= 15 is 0 Å². The van der Waals surface area contributed by atoms with Gasteiger partial charge in [0, 0.05) is 18.8 Å². The summed E-state index contributed by atoms with van der Waals surface area (Å²) in [6.07, 6.45) is -2.84. The van der Waals surface area contributed by atoms with Gasteiger partial charge in [0.1, 0.15) is 0 Å². The van der Waals surface area contributed by atoms with Crippen LogP contribution in [0.5, 0.6) is 0 Å². The summed E-state index contributed by atoms with van der Waals surface area (Å²) in [6.45, 7) is 0. The number of aryl methyl sites for hydroxylation is 1. The quantitative estimate of drug-likeness (QED) is 0.872. The SMILES string of the molecule is Cn1cc(C(NC(=O)Cc2cccc(C(=O)O)c2)C(F)(F)F)cn1. The number of halogens is 3. The second-order valence-electron chi connectivity index (χ2n) is 5.17. The van der Waals surface area contributed by atoms with E-state index in [0.717, 1.165) is 6.20 Å². The zero-order chi connectivity index (χ0) is 17.9. The lowest BCUT2D eigenvalue weighted by atomic mass is 10.1. The van der Waals surface area contributed by atoms with Gasteiger partial charge >= 0.3 is 12.1 Å². The van der Waals surface area contributed by atoms with Gasteiger partial charge in [-0.3, -0.25) is 9.48 Å². The minimum Gasteiger partial charge on any atom is -0.478 e. The van der Waals surface area contributed by atoms with Gasteiger partial charge in [0.2, 0.25) is 5.91 Å². The van der Waals surface area contributed by atoms with Crippen LogP contribution in [0.2, 0.25) is 0 Å². The first-order valence-electron chi connectivity index (χ1n) is 6.83. The Labute approximate surface area is 134 Å². The van der Waals surface area contributed by atoms with Crippen molar-refractivity contribution in [3.63, 3.8) is 0 Å². The van der Waals surface area contributed by atoms with E-state index in [-0.39, 0.29) is 17.5 Å². The van der Waals surface area contributed by atoms with Gasteiger partial charge in [-0.15, -0.1) is 0 Å². The Bertz CT molecular complexity index is 756. The van der Waals surface area contributed by atoms with E-state index in [9.17, 15) is 22.8 Å². The zero-order valence-electron chi connectivity index (χ0n) is 12.5. The molecule has 1 amide bonds. The Morgan fingerprint density at radius 1 is 1.38 bits per heavy atom. The van der Waals surface area contributed by atoms with Gasteiger partial charge in [0.25, 0.3) is 0 Å². The number of aromatic carboxylic acids is 1. The van der Waals surface area contributed by atoms with Gasteiger partial charge in [-0.2, -0.15) is 18.3 Å². The standard InChI is InChI=1S/C15H14F3N3O3/c1-21-8-11(7-19-21)13(15(16,17)18)20-12(22)6-9-3-2-4-10(5-9)14(23)24/h2-5,7-8,13H,6H2,1H3,(H,20,22)(H,23,24). The summed E-state index contributed by atoms with van der Waals surface area (Å²) in [5.74, 6) is -2.05. The predicted molar refractivity (Wildman–Crippen MR) is 77.3 cm³/mol. The molecule has 128 valence electrons. The molecule has 2 N–H and O–H groups in total. The molecule has 1 heterocycles. The highest BCUT2D eigenvalue weighted by Gasteiger charge is 2.42. The van der Waals surface area contributed by atoms with Crippen LogP contribution in [0.3, 0.4) is 0 Å². The van der Waals surface area contributed by atoms with Gasteiger partial charge in [-0.05, 0) is 17.7 Å². The van der Waals surface area contributed by atoms with Crippen LogP contribution in [0.15, 0.2) is 36.7 Å². The fourth-order valence-corrected chi connectivity index (χ4v) is 2.16. The average molecular weight is 341 g/mol. The number of carbonyl (C=O) groups excluding carboxylic acids is 1. The van der Waals surface area contributed by atoms with Crippen LogP contribution in [0.25, 0.3) is 0 Å². The van der Waals surface area contributed by atoms with E-state index in [1.54, 1.807) is 0 Å². The monoisotopic (exact) mass is 341 g/mol. The molecule has 2 aromatic rings. The van der Waals surface area contributed by atoms with Crippen LogP contribution in [-0.4, -0.2) is 32.9 Å². The normalized spacial score (nSPS) is 12.7. The summed E-state index contributed by atoms with van der Waals surface area (Å²) < 4.78 is 40.7. The Kier molecular flexibility index (Phi) is 4.91. The second-order valence-corrected chi connectivity index (χ2v) is 5.17. The molecule has 0 spiro atoms. The molecule has 0 saturated carbocycles. The van der Waals surface area contributed by atoms with E-state index in [1.165, 1.54) is 42.2 Å². The number of carbonyl (C=O) groups is 2. The molecule has 0 saturated heterocycles. The fraction of sp³-hybridized carbons (Fsp3) is 0.267. The van der Waals surface area contributed by atoms with Crippen molar-refractivity contribution >= 4 is 11.9 Å². The third kappa shape index (κ3) is 4.34. The molecule has 0 fully saturated rings. The average Bonchev–Trinajstić information content (AvgIpc) is 2.90. The number of carboxylic acids is 1. The third-order valence-corrected chi connectivity index (χ3v) is 3.23. The molecule has 0 aliphatic carbocycles. The van der Waals surface area contributed by atoms with Crippen LogP contribution in [0.4, 0.5) is 13.2 Å². The van der Waals surface area contributed by atoms with Crippen LogP contribution in [0, 0.1) is 0 Å². The molecule has 9 heteroatoms. The van der Waals surface area contributed by atoms with Crippen molar-refractivity contribution in [1.29, 1.82) is 0 Å². The lowest BCUT2D eigenvalue weighted by molar-refractivity contribution is -0.163. The van der Waals surface area contributed by atoms with Gasteiger partial charge in [0.05, 0.1) is 18.2 Å². The van der Waals surface area contributed by atoms with Gasteiger partial charge in [-0.25, -0.2) is 4.79 Å². The maximum Gasteiger partial charge on any atom is 0.412 e. The number of hydrogen-bond donors (Lipinski definition) is 2. The number of nitrogens with zero attached hydrogens (tertiary/aromatic N) is 2. The topological polar surface area (TPSA) is 84.2 Å². The molecule has 2 rings (SSSR count). The van der Waals surface area contributed by atoms with E-state index in [1.807, 2.05) is 5.32 Å². The number of rotatable bonds is 5. The highest BCUT2D eigenvalue weighted by atomic mass is 19.4. The number of nitrogens with one attached hydrogen (secondary N) is 1. The third-order valence-electron chi connectivity index (χ3n) is 3.23. The molecular weight excluding hydrogens is 327 g/mol. The Hall–Kier alpha value is -2.84. The smallest absolute Gasteiger partial charge is 0.412 e. The van der Waals surface area contributed by atoms with Crippen molar-refractivity contribution in [2.45, 2.75) is 18.6 Å². The zero-order valence-corrected chi connectivity index (χ0v) is 12.5. The molecule has 0 bridgehead atoms. The largest absolute Gasteiger partial charge is 0.478 e. The number of amides is 1. The summed E-state index contributed by atoms with van der Waals surface area (Å²) >= 11 is 0. The maximum absolute atomic E-state index is 13.2. The van der Waals surface area contributed by atoms with Crippen molar-refractivity contribution in [3.05, 3.63) is 53.3 Å². The van der Waals surface area contributed by atoms with Gasteiger partial charge < -0.3 is 10.4 Å². The first kappa shape index (κ1) is 17.5. The maximum atomic E-state index is 13.2. The summed E-state index contributed by atoms with van der Waals surface area (Å²) in [4.78, 5) is 22.8. The summed E-state index contributed by atoms with van der Waals surface area (Å²) in [7, 11) is 1.47. The molecule has 0 aliphatic rings. The van der Waals surface area contributed by atoms with Crippen molar-refractivity contribution in [3.8, 4) is 0 Å². The molecular formula is C15H14F3N3O3. The summed E-state index contributed by atoms with van der Waals surface area (Å²) in [5.41, 5.74) is 0.0806. The van der Waals surface area contributed by atoms with Crippen molar-refractivity contribution < 1.29 is 27.9 Å². The number of aromatic nitrogens is 2. The molecule has 1 aromatic heterocycles. The van der Waals surface area contributed by atoms with Crippen LogP contribution in [-0.2, 0) is 18.3 Å². The first-order valence-corrected chi connectivity index (χ1v) is 6.83. The molecule has 0 aliphatic heterocycles. The Morgan fingerprint density at radius 3 is 2.62 bits per heavy atom. The lowest BCUT2D eigenvalue weighted by Gasteiger charge is -2.20. The highest BCUT2D eigenvalue weighted by molar-refractivity contribution is 5.88. The highest BCUT2D eigenvalue weighted by Crippen LogP contribution is 2.32. The van der Waals surface area contributed by atoms with Gasteiger partial charge in [-0.1, -0.05) is 12.1 Å². The molecule has 24 heavy (non-hydrogen) atoms. The molecule has 1 atom stereocenters. The Morgan fingerprint density at radius 2 is 2.08 bits per heavy atom. The van der Waals surface area contributed by atoms with E-state index in [0.29, 0.717) is 5.56 Å². The Balaban J connectivity index is 2.14. The van der Waals surface area contributed by atoms with Crippen molar-refractivity contribution in [2.24, 2.45) is 7.05 Å². The van der Waals surface area contributed by atoms with Crippen LogP contribution in [0.1, 0.15) is 27.5 Å². The molecule has 1 aromatic carbocycles. The first-order chi connectivity index (χ1) is 11.2. The number of hydrogen-bond acceptors (Lipinski definition) is 3.